The molecule has 0 amide bonds. The highest BCUT2D eigenvalue weighted by atomic mass is 32.2. The van der Waals surface area contributed by atoms with E-state index < -0.39 is 16.0 Å². The van der Waals surface area contributed by atoms with Gasteiger partial charge in [-0.3, -0.25) is 0 Å². The lowest BCUT2D eigenvalue weighted by Gasteiger charge is -2.16. The molecule has 2 fully saturated rings. The Morgan fingerprint density at radius 1 is 1.38 bits per heavy atom. The number of thiophene rings is 1. The van der Waals surface area contributed by atoms with Crippen molar-refractivity contribution in [2.45, 2.75) is 37.5 Å². The lowest BCUT2D eigenvalue weighted by atomic mass is 9.99. The SMILES string of the molecule is Cc1sc(C(=O)O)cc1S(=O)(=O)NCC(C1CC1)C1CC1. The molecule has 5 nitrogen and oxygen atoms in total. The van der Waals surface area contributed by atoms with E-state index in [1.54, 1.807) is 6.92 Å². The molecule has 0 atom stereocenters. The topological polar surface area (TPSA) is 83.5 Å². The predicted molar refractivity (Wildman–Crippen MR) is 80.1 cm³/mol. The van der Waals surface area contributed by atoms with Crippen LogP contribution in [-0.2, 0) is 10.0 Å². The maximum Gasteiger partial charge on any atom is 0.345 e. The van der Waals surface area contributed by atoms with Gasteiger partial charge in [-0.15, -0.1) is 11.3 Å². The van der Waals surface area contributed by atoms with Gasteiger partial charge in [0, 0.05) is 11.4 Å². The minimum absolute atomic E-state index is 0.0637. The number of nitrogens with one attached hydrogen (secondary N) is 1. The van der Waals surface area contributed by atoms with Gasteiger partial charge in [-0.2, -0.15) is 0 Å². The number of carboxylic acid groups (broad SMARTS) is 1. The lowest BCUT2D eigenvalue weighted by molar-refractivity contribution is 0.0702. The zero-order chi connectivity index (χ0) is 15.2. The molecule has 2 aliphatic rings. The van der Waals surface area contributed by atoms with Crippen molar-refractivity contribution in [1.82, 2.24) is 4.72 Å². The minimum Gasteiger partial charge on any atom is -0.477 e. The fourth-order valence-electron chi connectivity index (χ4n) is 2.89. The zero-order valence-electron chi connectivity index (χ0n) is 11.8. The minimum atomic E-state index is -3.61. The number of aromatic carboxylic acids is 1. The summed E-state index contributed by atoms with van der Waals surface area (Å²) < 4.78 is 27.5. The molecule has 2 aliphatic carbocycles. The quantitative estimate of drug-likeness (QED) is 0.805. The second-order valence-electron chi connectivity index (χ2n) is 6.03. The predicted octanol–water partition coefficient (Wildman–Crippen LogP) is 2.47. The van der Waals surface area contributed by atoms with Gasteiger partial charge in [-0.05, 0) is 56.4 Å². The first-order valence-electron chi connectivity index (χ1n) is 7.22. The van der Waals surface area contributed by atoms with E-state index in [0.29, 0.717) is 29.2 Å². The molecule has 3 rings (SSSR count). The van der Waals surface area contributed by atoms with Gasteiger partial charge in [0.2, 0.25) is 10.0 Å². The number of hydrogen-bond donors (Lipinski definition) is 2. The van der Waals surface area contributed by atoms with Crippen LogP contribution in [0.1, 0.15) is 40.2 Å². The standard InChI is InChI=1S/C14H19NO4S2/c1-8-13(6-12(20-8)14(16)17)21(18,19)15-7-11(9-2-3-9)10-4-5-10/h6,9-11,15H,2-5,7H2,1H3,(H,16,17). The van der Waals surface area contributed by atoms with Crippen LogP contribution in [0.3, 0.4) is 0 Å². The third-order valence-corrected chi connectivity index (χ3v) is 7.05. The van der Waals surface area contributed by atoms with E-state index in [9.17, 15) is 13.2 Å². The molecule has 0 bridgehead atoms. The molecule has 21 heavy (non-hydrogen) atoms. The molecule has 0 spiro atoms. The van der Waals surface area contributed by atoms with Crippen LogP contribution in [0.25, 0.3) is 0 Å². The van der Waals surface area contributed by atoms with Gasteiger partial charge in [0.1, 0.15) is 4.88 Å². The summed E-state index contributed by atoms with van der Waals surface area (Å²) in [6, 6.07) is 1.26. The Balaban J connectivity index is 1.72. The number of carbonyl (C=O) groups is 1. The summed E-state index contributed by atoms with van der Waals surface area (Å²) in [7, 11) is -3.61. The molecule has 0 aliphatic heterocycles. The summed E-state index contributed by atoms with van der Waals surface area (Å²) in [4.78, 5) is 11.6. The van der Waals surface area contributed by atoms with Gasteiger partial charge in [-0.25, -0.2) is 17.9 Å². The number of carboxylic acids is 1. The van der Waals surface area contributed by atoms with Crippen molar-refractivity contribution in [3.05, 3.63) is 15.8 Å². The number of sulfonamides is 1. The molecule has 1 heterocycles. The van der Waals surface area contributed by atoms with Crippen molar-refractivity contribution in [3.63, 3.8) is 0 Å². The molecule has 0 unspecified atom stereocenters. The molecule has 0 radical (unpaired) electrons. The molecule has 2 saturated carbocycles. The number of rotatable bonds is 7. The first-order valence-corrected chi connectivity index (χ1v) is 9.52. The Morgan fingerprint density at radius 2 is 1.95 bits per heavy atom. The van der Waals surface area contributed by atoms with E-state index in [0.717, 1.165) is 11.3 Å². The first kappa shape index (κ1) is 15.0. The fourth-order valence-corrected chi connectivity index (χ4v) is 5.39. The monoisotopic (exact) mass is 329 g/mol. The van der Waals surface area contributed by atoms with Gasteiger partial charge < -0.3 is 5.11 Å². The smallest absolute Gasteiger partial charge is 0.345 e. The van der Waals surface area contributed by atoms with Crippen LogP contribution in [0.4, 0.5) is 0 Å². The van der Waals surface area contributed by atoms with Crippen LogP contribution in [0.2, 0.25) is 0 Å². The van der Waals surface area contributed by atoms with E-state index >= 15 is 0 Å². The van der Waals surface area contributed by atoms with Crippen molar-refractivity contribution >= 4 is 27.3 Å². The Bertz CT molecular complexity index is 645. The second kappa shape index (κ2) is 5.37. The highest BCUT2D eigenvalue weighted by Crippen LogP contribution is 2.48. The zero-order valence-corrected chi connectivity index (χ0v) is 13.5. The summed E-state index contributed by atoms with van der Waals surface area (Å²) in [6.07, 6.45) is 4.85. The molecule has 116 valence electrons. The number of aryl methyl sites for hydroxylation is 1. The van der Waals surface area contributed by atoms with Crippen LogP contribution >= 0.6 is 11.3 Å². The maximum absolute atomic E-state index is 12.4. The van der Waals surface area contributed by atoms with Crippen molar-refractivity contribution in [2.75, 3.05) is 6.54 Å². The van der Waals surface area contributed by atoms with Crippen LogP contribution in [0, 0.1) is 24.7 Å². The van der Waals surface area contributed by atoms with Crippen LogP contribution in [0.15, 0.2) is 11.0 Å². The first-order chi connectivity index (χ1) is 9.88. The summed E-state index contributed by atoms with van der Waals surface area (Å²) in [5, 5.41) is 8.96. The molecule has 7 heteroatoms. The van der Waals surface area contributed by atoms with E-state index in [1.807, 2.05) is 0 Å². The van der Waals surface area contributed by atoms with Crippen LogP contribution in [-0.4, -0.2) is 26.0 Å². The van der Waals surface area contributed by atoms with Gasteiger partial charge in [0.25, 0.3) is 0 Å². The van der Waals surface area contributed by atoms with Crippen LogP contribution in [0.5, 0.6) is 0 Å². The van der Waals surface area contributed by atoms with Gasteiger partial charge in [-0.1, -0.05) is 0 Å². The van der Waals surface area contributed by atoms with Crippen molar-refractivity contribution in [2.24, 2.45) is 17.8 Å². The summed E-state index contributed by atoms with van der Waals surface area (Å²) in [5.74, 6) is 0.729. The van der Waals surface area contributed by atoms with Gasteiger partial charge >= 0.3 is 5.97 Å². The largest absolute Gasteiger partial charge is 0.477 e. The highest BCUT2D eigenvalue weighted by molar-refractivity contribution is 7.89. The molecule has 1 aromatic heterocycles. The third-order valence-electron chi connectivity index (χ3n) is 4.34. The van der Waals surface area contributed by atoms with Crippen LogP contribution < -0.4 is 4.72 Å². The lowest BCUT2D eigenvalue weighted by Crippen LogP contribution is -2.31. The van der Waals surface area contributed by atoms with Crippen molar-refractivity contribution in [3.8, 4) is 0 Å². The van der Waals surface area contributed by atoms with E-state index in [-0.39, 0.29) is 9.77 Å². The molecule has 1 aromatic rings. The van der Waals surface area contributed by atoms with Gasteiger partial charge in [0.15, 0.2) is 0 Å². The Hall–Kier alpha value is -0.920. The summed E-state index contributed by atoms with van der Waals surface area (Å²) >= 11 is 1.00. The Labute approximate surface area is 128 Å². The molecule has 0 aromatic carbocycles. The Morgan fingerprint density at radius 3 is 2.38 bits per heavy atom. The molecular weight excluding hydrogens is 310 g/mol. The van der Waals surface area contributed by atoms with E-state index in [1.165, 1.54) is 31.7 Å². The van der Waals surface area contributed by atoms with E-state index in [4.69, 9.17) is 5.11 Å². The molecule has 0 saturated heterocycles. The summed E-state index contributed by atoms with van der Waals surface area (Å²) in [6.45, 7) is 2.13. The van der Waals surface area contributed by atoms with Crippen molar-refractivity contribution < 1.29 is 18.3 Å². The van der Waals surface area contributed by atoms with Crippen molar-refractivity contribution in [1.29, 1.82) is 0 Å². The fraction of sp³-hybridized carbons (Fsp3) is 0.643. The maximum atomic E-state index is 12.4. The Kier molecular flexibility index (Phi) is 3.83. The number of hydrogen-bond acceptors (Lipinski definition) is 4. The second-order valence-corrected chi connectivity index (χ2v) is 9.02. The van der Waals surface area contributed by atoms with E-state index in [2.05, 4.69) is 4.72 Å². The summed E-state index contributed by atoms with van der Waals surface area (Å²) in [5.41, 5.74) is 0. The normalized spacial score (nSPS) is 19.1. The molecular formula is C14H19NO4S2. The van der Waals surface area contributed by atoms with Gasteiger partial charge in [0.05, 0.1) is 4.90 Å². The molecule has 2 N–H and O–H groups in total. The average molecular weight is 329 g/mol. The third kappa shape index (κ3) is 3.30. The highest BCUT2D eigenvalue weighted by Gasteiger charge is 2.41. The average Bonchev–Trinajstić information content (AvgIpc) is 3.29.